The monoisotopic (exact) mass is 483 g/mol. The third-order valence-electron chi connectivity index (χ3n) is 5.87. The maximum absolute atomic E-state index is 13.7. The van der Waals surface area contributed by atoms with Crippen molar-refractivity contribution >= 4 is 39.9 Å². The zero-order valence-electron chi connectivity index (χ0n) is 19.4. The Morgan fingerprint density at radius 3 is 2.56 bits per heavy atom. The van der Waals surface area contributed by atoms with Crippen molar-refractivity contribution < 1.29 is 28.6 Å². The summed E-state index contributed by atoms with van der Waals surface area (Å²) in [6.07, 6.45) is 3.10. The lowest BCUT2D eigenvalue weighted by molar-refractivity contribution is -0.117. The van der Waals surface area contributed by atoms with Gasteiger partial charge in [-0.15, -0.1) is 0 Å². The summed E-state index contributed by atoms with van der Waals surface area (Å²) >= 11 is 0. The first-order valence-electron chi connectivity index (χ1n) is 11.0. The first-order valence-corrected chi connectivity index (χ1v) is 11.0. The van der Waals surface area contributed by atoms with Crippen LogP contribution in [0.1, 0.15) is 29.1 Å². The molecule has 36 heavy (non-hydrogen) atoms. The Kier molecular flexibility index (Phi) is 5.73. The summed E-state index contributed by atoms with van der Waals surface area (Å²) < 4.78 is 11.1. The standard InChI is InChI=1S/C27H21N3O6/c1-15(31)29-18-8-10-19(11-9-18)30-23(17-6-4-12-28-14-17)22(25(33)27(30)34)24(32)21-13-16-5-3-7-20(35-2)26(16)36-21/h3-14,23,33H,1-2H3,(H,29,31). The Morgan fingerprint density at radius 2 is 1.89 bits per heavy atom. The Balaban J connectivity index is 1.60. The second kappa shape index (κ2) is 9.03. The summed E-state index contributed by atoms with van der Waals surface area (Å²) in [7, 11) is 1.50. The number of amides is 2. The van der Waals surface area contributed by atoms with E-state index < -0.39 is 23.5 Å². The summed E-state index contributed by atoms with van der Waals surface area (Å²) in [4.78, 5) is 43.8. The maximum Gasteiger partial charge on any atom is 0.294 e. The van der Waals surface area contributed by atoms with Crippen LogP contribution in [0.25, 0.3) is 11.0 Å². The van der Waals surface area contributed by atoms with Gasteiger partial charge < -0.3 is 19.6 Å². The molecule has 0 spiro atoms. The number of hydrogen-bond donors (Lipinski definition) is 2. The lowest BCUT2D eigenvalue weighted by Gasteiger charge is -2.26. The summed E-state index contributed by atoms with van der Waals surface area (Å²) in [6.45, 7) is 1.39. The molecule has 0 saturated carbocycles. The van der Waals surface area contributed by atoms with E-state index in [1.807, 2.05) is 0 Å². The largest absolute Gasteiger partial charge is 0.503 e. The van der Waals surface area contributed by atoms with Gasteiger partial charge in [0, 0.05) is 36.1 Å². The van der Waals surface area contributed by atoms with Crippen molar-refractivity contribution in [1.82, 2.24) is 4.98 Å². The molecule has 0 radical (unpaired) electrons. The maximum atomic E-state index is 13.7. The van der Waals surface area contributed by atoms with E-state index in [0.29, 0.717) is 33.7 Å². The van der Waals surface area contributed by atoms with Crippen LogP contribution in [0, 0.1) is 0 Å². The van der Waals surface area contributed by atoms with Crippen LogP contribution in [0.15, 0.2) is 88.8 Å². The Bertz CT molecular complexity index is 1520. The van der Waals surface area contributed by atoms with Crippen LogP contribution in [-0.4, -0.2) is 34.8 Å². The highest BCUT2D eigenvalue weighted by Gasteiger charge is 2.45. The predicted octanol–water partition coefficient (Wildman–Crippen LogP) is 4.58. The molecule has 0 aliphatic carbocycles. The molecule has 2 amide bonds. The molecular weight excluding hydrogens is 462 g/mol. The number of aliphatic hydroxyl groups excluding tert-OH is 1. The van der Waals surface area contributed by atoms with Gasteiger partial charge in [0.2, 0.25) is 11.7 Å². The number of nitrogens with zero attached hydrogens (tertiary/aromatic N) is 2. The molecule has 9 nitrogen and oxygen atoms in total. The quantitative estimate of drug-likeness (QED) is 0.385. The molecule has 2 aromatic carbocycles. The number of hydrogen-bond acceptors (Lipinski definition) is 7. The molecule has 2 aromatic heterocycles. The first-order chi connectivity index (χ1) is 17.4. The van der Waals surface area contributed by atoms with Crippen LogP contribution in [0.2, 0.25) is 0 Å². The zero-order chi connectivity index (χ0) is 25.4. The molecule has 180 valence electrons. The van der Waals surface area contributed by atoms with Crippen LogP contribution < -0.4 is 15.0 Å². The number of aromatic nitrogens is 1. The van der Waals surface area contributed by atoms with Gasteiger partial charge in [0.15, 0.2) is 22.9 Å². The average molecular weight is 483 g/mol. The van der Waals surface area contributed by atoms with Crippen molar-refractivity contribution in [3.05, 3.63) is 95.7 Å². The van der Waals surface area contributed by atoms with E-state index in [-0.39, 0.29) is 17.2 Å². The first kappa shape index (κ1) is 22.9. The number of nitrogens with one attached hydrogen (secondary N) is 1. The summed E-state index contributed by atoms with van der Waals surface area (Å²) in [5, 5.41) is 14.2. The molecule has 0 saturated heterocycles. The molecule has 1 atom stereocenters. The lowest BCUT2D eigenvalue weighted by Crippen LogP contribution is -2.31. The van der Waals surface area contributed by atoms with Crippen LogP contribution in [0.3, 0.4) is 0 Å². The number of ether oxygens (including phenoxy) is 1. The van der Waals surface area contributed by atoms with Crippen LogP contribution in [0.5, 0.6) is 5.75 Å². The smallest absolute Gasteiger partial charge is 0.294 e. The molecule has 1 aliphatic heterocycles. The molecule has 3 heterocycles. The lowest BCUT2D eigenvalue weighted by atomic mass is 9.96. The number of aliphatic hydroxyl groups is 1. The number of ketones is 1. The molecule has 1 unspecified atom stereocenters. The fourth-order valence-corrected chi connectivity index (χ4v) is 4.31. The van der Waals surface area contributed by atoms with Gasteiger partial charge in [0.25, 0.3) is 5.91 Å². The van der Waals surface area contributed by atoms with Crippen LogP contribution in [0.4, 0.5) is 11.4 Å². The third kappa shape index (κ3) is 3.86. The summed E-state index contributed by atoms with van der Waals surface area (Å²) in [6, 6.07) is 15.8. The molecule has 2 N–H and O–H groups in total. The molecule has 4 aromatic rings. The minimum absolute atomic E-state index is 0.0411. The van der Waals surface area contributed by atoms with Crippen molar-refractivity contribution in [3.63, 3.8) is 0 Å². The molecule has 9 heteroatoms. The predicted molar refractivity (Wildman–Crippen MR) is 132 cm³/mol. The van der Waals surface area contributed by atoms with Gasteiger partial charge in [0.05, 0.1) is 18.7 Å². The third-order valence-corrected chi connectivity index (χ3v) is 5.87. The Labute approximate surface area is 205 Å². The van der Waals surface area contributed by atoms with Gasteiger partial charge in [-0.25, -0.2) is 0 Å². The van der Waals surface area contributed by atoms with E-state index in [2.05, 4.69) is 10.3 Å². The number of fused-ring (bicyclic) bond motifs is 1. The normalized spacial score (nSPS) is 15.4. The van der Waals surface area contributed by atoms with Gasteiger partial charge in [-0.1, -0.05) is 18.2 Å². The van der Waals surface area contributed by atoms with Gasteiger partial charge in [-0.05, 0) is 48.0 Å². The van der Waals surface area contributed by atoms with Crippen molar-refractivity contribution in [2.75, 3.05) is 17.3 Å². The van der Waals surface area contributed by atoms with Crippen LogP contribution in [-0.2, 0) is 9.59 Å². The van der Waals surface area contributed by atoms with E-state index in [9.17, 15) is 19.5 Å². The molecular formula is C27H21N3O6. The summed E-state index contributed by atoms with van der Waals surface area (Å²) in [5.41, 5.74) is 1.75. The van der Waals surface area contributed by atoms with E-state index in [4.69, 9.17) is 9.15 Å². The Morgan fingerprint density at radius 1 is 1.11 bits per heavy atom. The van der Waals surface area contributed by atoms with E-state index in [1.54, 1.807) is 66.9 Å². The number of carbonyl (C=O) groups excluding carboxylic acids is 3. The minimum atomic E-state index is -0.958. The van der Waals surface area contributed by atoms with Crippen molar-refractivity contribution in [1.29, 1.82) is 0 Å². The highest BCUT2D eigenvalue weighted by Crippen LogP contribution is 2.42. The fraction of sp³-hybridized carbons (Fsp3) is 0.111. The number of pyridine rings is 1. The number of anilines is 2. The molecule has 0 fully saturated rings. The number of carbonyl (C=O) groups is 3. The van der Waals surface area contributed by atoms with E-state index in [0.717, 1.165) is 0 Å². The number of para-hydroxylation sites is 1. The summed E-state index contributed by atoms with van der Waals surface area (Å²) in [5.74, 6) is -1.87. The van der Waals surface area contributed by atoms with E-state index in [1.165, 1.54) is 25.1 Å². The van der Waals surface area contributed by atoms with Crippen LogP contribution >= 0.6 is 0 Å². The fourth-order valence-electron chi connectivity index (χ4n) is 4.31. The second-order valence-electron chi connectivity index (χ2n) is 8.17. The number of benzene rings is 2. The SMILES string of the molecule is COc1cccc2cc(C(=O)C3=C(O)C(=O)N(c4ccc(NC(C)=O)cc4)C3c3cccnc3)oc12. The zero-order valence-corrected chi connectivity index (χ0v) is 19.4. The number of furan rings is 1. The average Bonchev–Trinajstić information content (AvgIpc) is 3.43. The highest BCUT2D eigenvalue weighted by atomic mass is 16.5. The van der Waals surface area contributed by atoms with Crippen molar-refractivity contribution in [2.45, 2.75) is 13.0 Å². The van der Waals surface area contributed by atoms with Gasteiger partial charge in [-0.2, -0.15) is 0 Å². The second-order valence-corrected chi connectivity index (χ2v) is 8.17. The number of methoxy groups -OCH3 is 1. The molecule has 0 bridgehead atoms. The number of rotatable bonds is 6. The van der Waals surface area contributed by atoms with Crippen molar-refractivity contribution in [2.24, 2.45) is 0 Å². The van der Waals surface area contributed by atoms with Gasteiger partial charge in [-0.3, -0.25) is 24.3 Å². The van der Waals surface area contributed by atoms with Gasteiger partial charge in [0.1, 0.15) is 0 Å². The minimum Gasteiger partial charge on any atom is -0.503 e. The highest BCUT2D eigenvalue weighted by molar-refractivity contribution is 6.20. The van der Waals surface area contributed by atoms with Crippen molar-refractivity contribution in [3.8, 4) is 5.75 Å². The molecule has 5 rings (SSSR count). The molecule has 1 aliphatic rings. The topological polar surface area (TPSA) is 122 Å². The van der Waals surface area contributed by atoms with Gasteiger partial charge >= 0.3 is 0 Å². The Hall–Kier alpha value is -4.92. The number of Topliss-reactive ketones (excluding diaryl/α,β-unsaturated/α-hetero) is 1. The van der Waals surface area contributed by atoms with E-state index >= 15 is 0 Å².